The number of hydrogen-bond donors (Lipinski definition) is 1. The molecule has 0 fully saturated rings. The fourth-order valence-electron chi connectivity index (χ4n) is 1.11. The van der Waals surface area contributed by atoms with Crippen LogP contribution in [-0.4, -0.2) is 17.5 Å². The summed E-state index contributed by atoms with van der Waals surface area (Å²) in [6.07, 6.45) is 5.63. The minimum atomic E-state index is 0.120. The van der Waals surface area contributed by atoms with Crippen LogP contribution in [0.25, 0.3) is 0 Å². The van der Waals surface area contributed by atoms with Crippen molar-refractivity contribution in [2.75, 3.05) is 6.61 Å². The van der Waals surface area contributed by atoms with E-state index < -0.39 is 0 Å². The van der Waals surface area contributed by atoms with E-state index in [2.05, 4.69) is 0 Å². The lowest BCUT2D eigenvalue weighted by Crippen LogP contribution is -1.87. The molecular weight excluding hydrogens is 152 g/mol. The van der Waals surface area contributed by atoms with Gasteiger partial charge >= 0.3 is 0 Å². The SMILES string of the molecule is CC(=O)C=C(C)CCCCCO. The zero-order valence-electron chi connectivity index (χ0n) is 7.97. The summed E-state index contributed by atoms with van der Waals surface area (Å²) in [6.45, 7) is 3.81. The number of rotatable bonds is 6. The molecule has 0 heterocycles. The molecule has 0 atom stereocenters. The van der Waals surface area contributed by atoms with E-state index in [-0.39, 0.29) is 12.4 Å². The van der Waals surface area contributed by atoms with E-state index in [0.717, 1.165) is 31.3 Å². The summed E-state index contributed by atoms with van der Waals surface area (Å²) in [5, 5.41) is 8.51. The summed E-state index contributed by atoms with van der Waals surface area (Å²) in [5.41, 5.74) is 1.14. The molecule has 0 bridgehead atoms. The van der Waals surface area contributed by atoms with E-state index in [9.17, 15) is 4.79 Å². The van der Waals surface area contributed by atoms with Gasteiger partial charge in [0.25, 0.3) is 0 Å². The maximum Gasteiger partial charge on any atom is 0.152 e. The third-order valence-electron chi connectivity index (χ3n) is 1.68. The molecule has 0 spiro atoms. The van der Waals surface area contributed by atoms with E-state index in [0.29, 0.717) is 0 Å². The first-order valence-electron chi connectivity index (χ1n) is 4.45. The quantitative estimate of drug-likeness (QED) is 0.489. The molecule has 0 rings (SSSR count). The predicted molar refractivity (Wildman–Crippen MR) is 50.0 cm³/mol. The molecule has 70 valence electrons. The average molecular weight is 170 g/mol. The molecule has 0 radical (unpaired) electrons. The summed E-state index contributed by atoms with van der Waals surface area (Å²) in [4.78, 5) is 10.6. The number of carbonyl (C=O) groups excluding carboxylic acids is 1. The van der Waals surface area contributed by atoms with E-state index in [1.54, 1.807) is 13.0 Å². The molecule has 1 N–H and O–H groups in total. The van der Waals surface area contributed by atoms with E-state index in [1.165, 1.54) is 0 Å². The van der Waals surface area contributed by atoms with Gasteiger partial charge < -0.3 is 5.11 Å². The van der Waals surface area contributed by atoms with Gasteiger partial charge in [0.1, 0.15) is 0 Å². The normalized spacial score (nSPS) is 11.8. The molecule has 0 aliphatic carbocycles. The number of unbranched alkanes of at least 4 members (excludes halogenated alkanes) is 2. The molecule has 0 saturated heterocycles. The summed E-state index contributed by atoms with van der Waals surface area (Å²) in [5.74, 6) is 0.120. The molecule has 0 aromatic heterocycles. The molecule has 0 unspecified atom stereocenters. The van der Waals surface area contributed by atoms with E-state index in [4.69, 9.17) is 5.11 Å². The van der Waals surface area contributed by atoms with Crippen LogP contribution in [0.1, 0.15) is 39.5 Å². The number of aliphatic hydroxyl groups is 1. The maximum absolute atomic E-state index is 10.6. The number of hydrogen-bond acceptors (Lipinski definition) is 2. The molecule has 2 nitrogen and oxygen atoms in total. The van der Waals surface area contributed by atoms with Gasteiger partial charge in [-0.15, -0.1) is 0 Å². The highest BCUT2D eigenvalue weighted by Gasteiger charge is 1.92. The first-order valence-corrected chi connectivity index (χ1v) is 4.45. The zero-order valence-corrected chi connectivity index (χ0v) is 7.97. The van der Waals surface area contributed by atoms with Crippen LogP contribution >= 0.6 is 0 Å². The van der Waals surface area contributed by atoms with Crippen LogP contribution in [0.15, 0.2) is 11.6 Å². The third-order valence-corrected chi connectivity index (χ3v) is 1.68. The van der Waals surface area contributed by atoms with Crippen molar-refractivity contribution in [1.29, 1.82) is 0 Å². The molecule has 0 aliphatic heterocycles. The Morgan fingerprint density at radius 2 is 1.92 bits per heavy atom. The number of carbonyl (C=O) groups is 1. The van der Waals surface area contributed by atoms with Crippen molar-refractivity contribution in [2.24, 2.45) is 0 Å². The molecular formula is C10H18O2. The van der Waals surface area contributed by atoms with Gasteiger partial charge in [-0.25, -0.2) is 0 Å². The Bertz CT molecular complexity index is 159. The van der Waals surface area contributed by atoms with Crippen LogP contribution in [0.3, 0.4) is 0 Å². The van der Waals surface area contributed by atoms with Crippen LogP contribution in [0, 0.1) is 0 Å². The van der Waals surface area contributed by atoms with Crippen molar-refractivity contribution in [3.8, 4) is 0 Å². The second-order valence-corrected chi connectivity index (χ2v) is 3.14. The minimum Gasteiger partial charge on any atom is -0.396 e. The summed E-state index contributed by atoms with van der Waals surface area (Å²) >= 11 is 0. The second kappa shape index (κ2) is 7.04. The van der Waals surface area contributed by atoms with Gasteiger partial charge in [-0.1, -0.05) is 12.0 Å². The van der Waals surface area contributed by atoms with Crippen LogP contribution in [0.5, 0.6) is 0 Å². The lowest BCUT2D eigenvalue weighted by atomic mass is 10.1. The minimum absolute atomic E-state index is 0.120. The van der Waals surface area contributed by atoms with Crippen molar-refractivity contribution < 1.29 is 9.90 Å². The van der Waals surface area contributed by atoms with Crippen molar-refractivity contribution in [3.05, 3.63) is 11.6 Å². The first-order chi connectivity index (χ1) is 5.66. The lowest BCUT2D eigenvalue weighted by Gasteiger charge is -1.99. The average Bonchev–Trinajstić information content (AvgIpc) is 1.97. The second-order valence-electron chi connectivity index (χ2n) is 3.14. The predicted octanol–water partition coefficient (Wildman–Crippen LogP) is 2.07. The van der Waals surface area contributed by atoms with Gasteiger partial charge in [0, 0.05) is 6.61 Å². The highest BCUT2D eigenvalue weighted by Crippen LogP contribution is 2.07. The molecule has 12 heavy (non-hydrogen) atoms. The molecule has 0 aliphatic rings. The Hall–Kier alpha value is -0.630. The number of ketones is 1. The Morgan fingerprint density at radius 1 is 1.25 bits per heavy atom. The maximum atomic E-state index is 10.6. The topological polar surface area (TPSA) is 37.3 Å². The van der Waals surface area contributed by atoms with Crippen molar-refractivity contribution >= 4 is 5.78 Å². The smallest absolute Gasteiger partial charge is 0.152 e. The van der Waals surface area contributed by atoms with Gasteiger partial charge in [0.15, 0.2) is 5.78 Å². The Balaban J connectivity index is 3.43. The van der Waals surface area contributed by atoms with Crippen molar-refractivity contribution in [2.45, 2.75) is 39.5 Å². The standard InChI is InChI=1S/C10H18O2/c1-9(8-10(2)12)6-4-3-5-7-11/h8,11H,3-7H2,1-2H3. The fraction of sp³-hybridized carbons (Fsp3) is 0.700. The Labute approximate surface area is 74.3 Å². The monoisotopic (exact) mass is 170 g/mol. The third kappa shape index (κ3) is 7.48. The van der Waals surface area contributed by atoms with E-state index >= 15 is 0 Å². The number of aliphatic hydroxyl groups excluding tert-OH is 1. The molecule has 0 amide bonds. The van der Waals surface area contributed by atoms with Crippen molar-refractivity contribution in [1.82, 2.24) is 0 Å². The van der Waals surface area contributed by atoms with Crippen LogP contribution < -0.4 is 0 Å². The van der Waals surface area contributed by atoms with Gasteiger partial charge in [0.2, 0.25) is 0 Å². The van der Waals surface area contributed by atoms with Gasteiger partial charge in [-0.05, 0) is 39.2 Å². The molecule has 0 aromatic carbocycles. The lowest BCUT2D eigenvalue weighted by molar-refractivity contribution is -0.112. The van der Waals surface area contributed by atoms with Gasteiger partial charge in [-0.3, -0.25) is 4.79 Å². The zero-order chi connectivity index (χ0) is 9.40. The van der Waals surface area contributed by atoms with Crippen LogP contribution in [-0.2, 0) is 4.79 Å². The fourth-order valence-corrected chi connectivity index (χ4v) is 1.11. The molecule has 2 heteroatoms. The summed E-state index contributed by atoms with van der Waals surface area (Å²) in [7, 11) is 0. The van der Waals surface area contributed by atoms with Crippen molar-refractivity contribution in [3.63, 3.8) is 0 Å². The Morgan fingerprint density at radius 3 is 2.42 bits per heavy atom. The van der Waals surface area contributed by atoms with Gasteiger partial charge in [-0.2, -0.15) is 0 Å². The van der Waals surface area contributed by atoms with E-state index in [1.807, 2.05) is 6.92 Å². The summed E-state index contributed by atoms with van der Waals surface area (Å²) in [6, 6.07) is 0. The first kappa shape index (κ1) is 11.4. The number of allylic oxidation sites excluding steroid dienone is 2. The Kier molecular flexibility index (Phi) is 6.67. The summed E-state index contributed by atoms with van der Waals surface area (Å²) < 4.78 is 0. The largest absolute Gasteiger partial charge is 0.396 e. The highest BCUT2D eigenvalue weighted by molar-refractivity contribution is 5.87. The molecule has 0 saturated carbocycles. The highest BCUT2D eigenvalue weighted by atomic mass is 16.2. The van der Waals surface area contributed by atoms with Gasteiger partial charge in [0.05, 0.1) is 0 Å². The molecule has 0 aromatic rings. The van der Waals surface area contributed by atoms with Crippen LogP contribution in [0.4, 0.5) is 0 Å². The van der Waals surface area contributed by atoms with Crippen LogP contribution in [0.2, 0.25) is 0 Å².